The third-order valence-electron chi connectivity index (χ3n) is 10.5. The number of hydrogen-bond donors (Lipinski definition) is 1. The van der Waals surface area contributed by atoms with E-state index in [2.05, 4.69) is 20.3 Å². The van der Waals surface area contributed by atoms with Crippen molar-refractivity contribution in [2.45, 2.75) is 64.9 Å². The fraction of sp³-hybridized carbons (Fsp3) is 0.519. The van der Waals surface area contributed by atoms with E-state index < -0.39 is 23.6 Å². The van der Waals surface area contributed by atoms with Gasteiger partial charge in [-0.1, -0.05) is 59.7 Å². The summed E-state index contributed by atoms with van der Waals surface area (Å²) in [5.74, 6) is -0.357. The van der Waals surface area contributed by atoms with E-state index in [4.69, 9.17) is 48.2 Å². The summed E-state index contributed by atoms with van der Waals surface area (Å²) in [4.78, 5) is 60.0. The highest BCUT2D eigenvalue weighted by atomic mass is 16.6. The van der Waals surface area contributed by atoms with Crippen molar-refractivity contribution in [3.05, 3.63) is 101 Å². The Morgan fingerprint density at radius 3 is 1.92 bits per heavy atom. The molecule has 0 saturated carbocycles. The van der Waals surface area contributed by atoms with E-state index in [1.165, 1.54) is 12.0 Å². The van der Waals surface area contributed by atoms with E-state index in [-0.39, 0.29) is 44.0 Å². The number of ether oxygens (including phenoxy) is 9. The van der Waals surface area contributed by atoms with Crippen LogP contribution in [0.2, 0.25) is 0 Å². The zero-order valence-electron chi connectivity index (χ0n) is 41.8. The minimum atomic E-state index is -0.719. The molecule has 1 atom stereocenters. The average Bonchev–Trinajstić information content (AvgIpc) is 3.35. The van der Waals surface area contributed by atoms with E-state index >= 15 is 0 Å². The van der Waals surface area contributed by atoms with Crippen molar-refractivity contribution in [3.8, 4) is 16.9 Å². The van der Waals surface area contributed by atoms with Gasteiger partial charge in [0.1, 0.15) is 23.8 Å². The van der Waals surface area contributed by atoms with Crippen LogP contribution in [0.25, 0.3) is 32.3 Å². The Kier molecular flexibility index (Phi) is 26.4. The molecule has 0 aliphatic heterocycles. The summed E-state index contributed by atoms with van der Waals surface area (Å²) in [6, 6.07) is 23.3. The molecule has 1 aromatic heterocycles. The highest BCUT2D eigenvalue weighted by molar-refractivity contribution is 6.00. The Balaban J connectivity index is 1.17. The minimum Gasteiger partial charge on any atom is -0.491 e. The maximum absolute atomic E-state index is 13.3. The first-order valence-electron chi connectivity index (χ1n) is 23.9. The van der Waals surface area contributed by atoms with Gasteiger partial charge in [-0.3, -0.25) is 19.3 Å². The summed E-state index contributed by atoms with van der Waals surface area (Å²) in [6.07, 6.45) is 1.42. The Hall–Kier alpha value is -6.18. The van der Waals surface area contributed by atoms with Crippen LogP contribution in [0.4, 0.5) is 10.6 Å². The van der Waals surface area contributed by atoms with E-state index in [1.54, 1.807) is 33.0 Å². The lowest BCUT2D eigenvalue weighted by Crippen LogP contribution is -2.38. The van der Waals surface area contributed by atoms with E-state index in [0.29, 0.717) is 105 Å². The fourth-order valence-corrected chi connectivity index (χ4v) is 7.05. The van der Waals surface area contributed by atoms with Crippen molar-refractivity contribution >= 4 is 40.3 Å². The highest BCUT2D eigenvalue weighted by Gasteiger charge is 2.25. The van der Waals surface area contributed by atoms with Crippen LogP contribution in [0.5, 0.6) is 5.75 Å². The molecule has 3 aromatic carbocycles. The Morgan fingerprint density at radius 1 is 0.746 bits per heavy atom. The SMILES string of the molecule is COC(=O)C[C@H](CC(=O)CNC(=O)CCCN(C(=O)OC(C)(C)C)c1cc(C)ccn1)c1ccc(-c2ccc(OCCOCCOCCOCCOCCOCCOCCN=[N+]=[N-])c3ccccc23)cc1. The maximum Gasteiger partial charge on any atom is 0.416 e. The summed E-state index contributed by atoms with van der Waals surface area (Å²) in [5.41, 5.74) is 11.1. The van der Waals surface area contributed by atoms with Gasteiger partial charge in [-0.2, -0.15) is 0 Å². The van der Waals surface area contributed by atoms with Gasteiger partial charge in [0.25, 0.3) is 0 Å². The molecule has 0 bridgehead atoms. The van der Waals surface area contributed by atoms with Gasteiger partial charge in [0, 0.05) is 48.3 Å². The van der Waals surface area contributed by atoms with Crippen LogP contribution < -0.4 is 15.0 Å². The number of pyridine rings is 1. The summed E-state index contributed by atoms with van der Waals surface area (Å²) in [5, 5.41) is 8.02. The van der Waals surface area contributed by atoms with Crippen molar-refractivity contribution in [3.63, 3.8) is 0 Å². The predicted molar refractivity (Wildman–Crippen MR) is 268 cm³/mol. The van der Waals surface area contributed by atoms with Crippen LogP contribution in [0, 0.1) is 6.92 Å². The molecular formula is C52H70N6O13. The van der Waals surface area contributed by atoms with Crippen LogP contribution in [-0.2, 0) is 52.3 Å². The molecule has 2 amide bonds. The van der Waals surface area contributed by atoms with Gasteiger partial charge in [-0.15, -0.1) is 0 Å². The molecule has 0 aliphatic carbocycles. The Morgan fingerprint density at radius 2 is 1.34 bits per heavy atom. The number of benzene rings is 3. The molecule has 0 spiro atoms. The van der Waals surface area contributed by atoms with E-state index in [1.807, 2.05) is 73.7 Å². The van der Waals surface area contributed by atoms with Gasteiger partial charge in [0.15, 0.2) is 5.78 Å². The standard InChI is InChI=1S/C52H70N6O13/c1-39-18-19-54-48(35-39)58(51(62)71-52(2,3)4)21-8-11-49(60)55-38-43(59)36-42(37-50(61)63-5)40-12-14-41(15-13-40)44-16-17-47(46-10-7-6-9-45(44)46)70-34-33-69-32-31-68-30-29-67-28-27-66-26-25-65-24-23-64-22-20-56-57-53/h6-7,9-10,12-19,35,42H,8,11,20-34,36-38H2,1-5H3,(H,55,60)/t42-/m0/s1. The predicted octanol–water partition coefficient (Wildman–Crippen LogP) is 7.94. The smallest absolute Gasteiger partial charge is 0.416 e. The second kappa shape index (κ2) is 32.7. The minimum absolute atomic E-state index is 0.0122. The molecule has 71 heavy (non-hydrogen) atoms. The van der Waals surface area contributed by atoms with Crippen LogP contribution in [0.1, 0.15) is 63.5 Å². The topological polar surface area (TPSA) is 228 Å². The largest absolute Gasteiger partial charge is 0.491 e. The number of nitrogens with zero attached hydrogens (tertiary/aromatic N) is 5. The van der Waals surface area contributed by atoms with Gasteiger partial charge in [-0.25, -0.2) is 9.78 Å². The van der Waals surface area contributed by atoms with Gasteiger partial charge >= 0.3 is 12.1 Å². The number of nitrogens with one attached hydrogen (secondary N) is 1. The number of aromatic nitrogens is 1. The van der Waals surface area contributed by atoms with Crippen LogP contribution >= 0.6 is 0 Å². The summed E-state index contributed by atoms with van der Waals surface area (Å²) in [7, 11) is 1.31. The lowest BCUT2D eigenvalue weighted by atomic mass is 9.89. The third-order valence-corrected chi connectivity index (χ3v) is 10.5. The monoisotopic (exact) mass is 987 g/mol. The van der Waals surface area contributed by atoms with E-state index in [9.17, 15) is 19.2 Å². The van der Waals surface area contributed by atoms with Crippen LogP contribution in [0.15, 0.2) is 84.1 Å². The molecule has 19 nitrogen and oxygen atoms in total. The molecule has 0 aliphatic rings. The molecule has 4 rings (SSSR count). The summed E-state index contributed by atoms with van der Waals surface area (Å²) < 4.78 is 49.7. The number of ketones is 1. The fourth-order valence-electron chi connectivity index (χ4n) is 7.05. The second-order valence-corrected chi connectivity index (χ2v) is 17.2. The molecule has 19 heteroatoms. The first-order chi connectivity index (χ1) is 34.4. The first kappa shape index (κ1) is 57.4. The molecule has 0 unspecified atom stereocenters. The molecular weight excluding hydrogens is 917 g/mol. The van der Waals surface area contributed by atoms with Crippen molar-refractivity contribution in [1.82, 2.24) is 10.3 Å². The number of Topliss-reactive ketones (excluding diaryl/α,β-unsaturated/α-hetero) is 1. The Labute approximate surface area is 416 Å². The first-order valence-corrected chi connectivity index (χ1v) is 23.9. The lowest BCUT2D eigenvalue weighted by molar-refractivity contribution is -0.141. The van der Waals surface area contributed by atoms with Crippen molar-refractivity contribution in [1.29, 1.82) is 0 Å². The number of azide groups is 1. The van der Waals surface area contributed by atoms with Crippen molar-refractivity contribution in [2.24, 2.45) is 5.11 Å². The van der Waals surface area contributed by atoms with Crippen molar-refractivity contribution < 1.29 is 61.8 Å². The number of carbonyl (C=O) groups excluding carboxylic acids is 4. The molecule has 1 N–H and O–H groups in total. The number of esters is 1. The molecule has 0 saturated heterocycles. The number of methoxy groups -OCH3 is 1. The summed E-state index contributed by atoms with van der Waals surface area (Å²) in [6.45, 7) is 13.0. The second-order valence-electron chi connectivity index (χ2n) is 17.2. The maximum atomic E-state index is 13.3. The van der Waals surface area contributed by atoms with Crippen LogP contribution in [-0.4, -0.2) is 147 Å². The Bertz CT molecular complexity index is 2280. The number of anilines is 1. The molecule has 386 valence electrons. The number of fused-ring (bicyclic) bond motifs is 1. The molecule has 1 heterocycles. The quantitative estimate of drug-likeness (QED) is 0.0152. The van der Waals surface area contributed by atoms with Crippen molar-refractivity contribution in [2.75, 3.05) is 118 Å². The number of hydrogen-bond acceptors (Lipinski definition) is 15. The normalized spacial score (nSPS) is 11.7. The zero-order chi connectivity index (χ0) is 51.1. The van der Waals surface area contributed by atoms with Crippen LogP contribution in [0.3, 0.4) is 0 Å². The molecule has 0 fully saturated rings. The highest BCUT2D eigenvalue weighted by Crippen LogP contribution is 2.36. The van der Waals surface area contributed by atoms with E-state index in [0.717, 1.165) is 38.8 Å². The number of carbonyl (C=O) groups is 4. The van der Waals surface area contributed by atoms with Gasteiger partial charge in [-0.05, 0) is 85.5 Å². The average molecular weight is 987 g/mol. The lowest BCUT2D eigenvalue weighted by Gasteiger charge is -2.27. The summed E-state index contributed by atoms with van der Waals surface area (Å²) >= 11 is 0. The third kappa shape index (κ3) is 22.6. The van der Waals surface area contributed by atoms with Gasteiger partial charge < -0.3 is 47.9 Å². The van der Waals surface area contributed by atoms with Gasteiger partial charge in [0.05, 0.1) is 99.4 Å². The number of rotatable bonds is 35. The van der Waals surface area contributed by atoms with Gasteiger partial charge in [0.2, 0.25) is 5.91 Å². The molecule has 4 aromatic rings. The number of aryl methyl sites for hydroxylation is 1. The zero-order valence-corrected chi connectivity index (χ0v) is 41.8. The number of amides is 2. The molecule has 0 radical (unpaired) electrons.